The van der Waals surface area contributed by atoms with Crippen molar-refractivity contribution in [2.45, 2.75) is 6.54 Å². The quantitative estimate of drug-likeness (QED) is 0.863. The molecule has 1 aromatic heterocycles. The monoisotopic (exact) mass is 340 g/mol. The highest BCUT2D eigenvalue weighted by atomic mass is 79.9. The second-order valence-corrected chi connectivity index (χ2v) is 5.04. The van der Waals surface area contributed by atoms with Gasteiger partial charge >= 0.3 is 0 Å². The summed E-state index contributed by atoms with van der Waals surface area (Å²) in [6.45, 7) is 1.19. The maximum absolute atomic E-state index is 9.02. The van der Waals surface area contributed by atoms with Crippen molar-refractivity contribution in [1.29, 1.82) is 0 Å². The number of nitrogens with zero attached hydrogens (tertiary/aromatic N) is 4. The van der Waals surface area contributed by atoms with E-state index in [0.717, 1.165) is 11.3 Å². The second kappa shape index (κ2) is 6.71. The van der Waals surface area contributed by atoms with Crippen LogP contribution in [0.1, 0.15) is 5.56 Å². The van der Waals surface area contributed by atoms with Crippen molar-refractivity contribution in [2.24, 2.45) is 0 Å². The lowest BCUT2D eigenvalue weighted by atomic mass is 10.2. The molecule has 7 heteroatoms. The number of aliphatic hydroxyl groups excluding tert-OH is 1. The summed E-state index contributed by atoms with van der Waals surface area (Å²) in [7, 11) is 3.52. The van der Waals surface area contributed by atoms with Gasteiger partial charge in [-0.15, -0.1) is 5.10 Å². The predicted molar refractivity (Wildman–Crippen MR) is 80.2 cm³/mol. The molecule has 0 spiro atoms. The van der Waals surface area contributed by atoms with Crippen LogP contribution in [0.15, 0.2) is 29.0 Å². The fourth-order valence-corrected chi connectivity index (χ4v) is 2.20. The molecule has 0 aliphatic carbocycles. The van der Waals surface area contributed by atoms with E-state index in [9.17, 15) is 0 Å². The molecule has 0 amide bonds. The third kappa shape index (κ3) is 3.49. The maximum atomic E-state index is 9.02. The SMILES string of the molecule is COc1ccc(Cn2nc(Br)nc2N(C)CCO)cc1. The molecule has 1 aromatic carbocycles. The lowest BCUT2D eigenvalue weighted by Gasteiger charge is -2.17. The molecule has 108 valence electrons. The molecule has 0 saturated heterocycles. The highest BCUT2D eigenvalue weighted by molar-refractivity contribution is 9.10. The lowest BCUT2D eigenvalue weighted by molar-refractivity contribution is 0.303. The van der Waals surface area contributed by atoms with Gasteiger partial charge in [0.25, 0.3) is 0 Å². The molecule has 0 unspecified atom stereocenters. The largest absolute Gasteiger partial charge is 0.497 e. The highest BCUT2D eigenvalue weighted by Gasteiger charge is 2.12. The minimum Gasteiger partial charge on any atom is -0.497 e. The van der Waals surface area contributed by atoms with E-state index in [1.54, 1.807) is 11.8 Å². The summed E-state index contributed by atoms with van der Waals surface area (Å²) in [6.07, 6.45) is 0. The third-order valence-corrected chi connectivity index (χ3v) is 3.23. The van der Waals surface area contributed by atoms with Gasteiger partial charge < -0.3 is 14.7 Å². The number of hydrogen-bond acceptors (Lipinski definition) is 5. The van der Waals surface area contributed by atoms with Crippen LogP contribution in [0.3, 0.4) is 0 Å². The fourth-order valence-electron chi connectivity index (χ4n) is 1.85. The Kier molecular flexibility index (Phi) is 4.97. The van der Waals surface area contributed by atoms with Gasteiger partial charge in [-0.25, -0.2) is 4.68 Å². The molecular formula is C13H17BrN4O2. The molecule has 20 heavy (non-hydrogen) atoms. The first-order valence-electron chi connectivity index (χ1n) is 6.19. The summed E-state index contributed by atoms with van der Waals surface area (Å²) >= 11 is 3.29. The Morgan fingerprint density at radius 2 is 2.05 bits per heavy atom. The first-order chi connectivity index (χ1) is 9.63. The lowest BCUT2D eigenvalue weighted by Crippen LogP contribution is -2.25. The van der Waals surface area contributed by atoms with E-state index in [1.165, 1.54) is 0 Å². The summed E-state index contributed by atoms with van der Waals surface area (Å²) in [5, 5.41) is 13.3. The van der Waals surface area contributed by atoms with Crippen LogP contribution in [-0.2, 0) is 6.54 Å². The highest BCUT2D eigenvalue weighted by Crippen LogP contribution is 2.17. The van der Waals surface area contributed by atoms with E-state index in [2.05, 4.69) is 26.0 Å². The van der Waals surface area contributed by atoms with Crippen molar-refractivity contribution in [2.75, 3.05) is 32.2 Å². The minimum absolute atomic E-state index is 0.0729. The normalized spacial score (nSPS) is 10.6. The Morgan fingerprint density at radius 1 is 1.35 bits per heavy atom. The molecule has 0 radical (unpaired) electrons. The number of aromatic nitrogens is 3. The number of benzene rings is 1. The Morgan fingerprint density at radius 3 is 2.65 bits per heavy atom. The van der Waals surface area contributed by atoms with Crippen molar-refractivity contribution >= 4 is 21.9 Å². The number of likely N-dealkylation sites (N-methyl/N-ethyl adjacent to an activating group) is 1. The smallest absolute Gasteiger partial charge is 0.224 e. The van der Waals surface area contributed by atoms with E-state index < -0.39 is 0 Å². The van der Waals surface area contributed by atoms with Crippen molar-refractivity contribution < 1.29 is 9.84 Å². The summed E-state index contributed by atoms with van der Waals surface area (Å²) in [4.78, 5) is 6.18. The molecule has 2 rings (SSSR count). The zero-order chi connectivity index (χ0) is 14.5. The summed E-state index contributed by atoms with van der Waals surface area (Å²) in [5.74, 6) is 1.54. The molecule has 0 aliphatic rings. The molecule has 0 fully saturated rings. The van der Waals surface area contributed by atoms with Crippen LogP contribution < -0.4 is 9.64 Å². The standard InChI is InChI=1S/C13H17BrN4O2/c1-17(7-8-19)13-15-12(14)16-18(13)9-10-3-5-11(20-2)6-4-10/h3-6,19H,7-9H2,1-2H3. The average Bonchev–Trinajstić information content (AvgIpc) is 2.81. The minimum atomic E-state index is 0.0729. The predicted octanol–water partition coefficient (Wildman–Crippen LogP) is 1.53. The van der Waals surface area contributed by atoms with E-state index in [0.29, 0.717) is 23.8 Å². The van der Waals surface area contributed by atoms with Gasteiger partial charge in [0.2, 0.25) is 10.7 Å². The molecule has 6 nitrogen and oxygen atoms in total. The molecule has 1 N–H and O–H groups in total. The summed E-state index contributed by atoms with van der Waals surface area (Å²) in [6, 6.07) is 7.81. The zero-order valence-electron chi connectivity index (χ0n) is 11.5. The number of ether oxygens (including phenoxy) is 1. The molecule has 0 aliphatic heterocycles. The van der Waals surface area contributed by atoms with E-state index in [1.807, 2.05) is 36.2 Å². The van der Waals surface area contributed by atoms with Crippen molar-refractivity contribution in [3.05, 3.63) is 34.6 Å². The van der Waals surface area contributed by atoms with Gasteiger partial charge in [0.05, 0.1) is 20.3 Å². The summed E-state index contributed by atoms with van der Waals surface area (Å²) < 4.78 is 7.47. The van der Waals surface area contributed by atoms with Gasteiger partial charge in [0.15, 0.2) is 0 Å². The molecule has 1 heterocycles. The molecular weight excluding hydrogens is 324 g/mol. The van der Waals surface area contributed by atoms with Gasteiger partial charge in [0.1, 0.15) is 5.75 Å². The van der Waals surface area contributed by atoms with Gasteiger partial charge in [-0.3, -0.25) is 0 Å². The zero-order valence-corrected chi connectivity index (χ0v) is 13.0. The average molecular weight is 341 g/mol. The number of hydrogen-bond donors (Lipinski definition) is 1. The maximum Gasteiger partial charge on any atom is 0.224 e. The van der Waals surface area contributed by atoms with E-state index in [-0.39, 0.29) is 6.61 Å². The van der Waals surface area contributed by atoms with Gasteiger partial charge in [0, 0.05) is 13.6 Å². The third-order valence-electron chi connectivity index (χ3n) is 2.89. The van der Waals surface area contributed by atoms with Crippen LogP contribution in [0.4, 0.5) is 5.95 Å². The number of rotatable bonds is 6. The van der Waals surface area contributed by atoms with Crippen molar-refractivity contribution in [3.63, 3.8) is 0 Å². The van der Waals surface area contributed by atoms with Crippen LogP contribution in [0.25, 0.3) is 0 Å². The molecule has 0 atom stereocenters. The topological polar surface area (TPSA) is 63.4 Å². The van der Waals surface area contributed by atoms with Crippen LogP contribution in [-0.4, -0.2) is 47.2 Å². The first-order valence-corrected chi connectivity index (χ1v) is 6.98. The van der Waals surface area contributed by atoms with Gasteiger partial charge in [-0.2, -0.15) is 4.98 Å². The number of halogens is 1. The Balaban J connectivity index is 2.19. The fraction of sp³-hybridized carbons (Fsp3) is 0.385. The van der Waals surface area contributed by atoms with Crippen LogP contribution in [0.2, 0.25) is 0 Å². The number of anilines is 1. The van der Waals surface area contributed by atoms with Crippen LogP contribution >= 0.6 is 15.9 Å². The number of methoxy groups -OCH3 is 1. The Labute approximate surface area is 126 Å². The van der Waals surface area contributed by atoms with E-state index in [4.69, 9.17) is 9.84 Å². The van der Waals surface area contributed by atoms with E-state index >= 15 is 0 Å². The Hall–Kier alpha value is -1.60. The first kappa shape index (κ1) is 14.8. The van der Waals surface area contributed by atoms with Crippen molar-refractivity contribution in [1.82, 2.24) is 14.8 Å². The van der Waals surface area contributed by atoms with Crippen molar-refractivity contribution in [3.8, 4) is 5.75 Å². The van der Waals surface area contributed by atoms with Gasteiger partial charge in [-0.1, -0.05) is 12.1 Å². The van der Waals surface area contributed by atoms with Gasteiger partial charge in [-0.05, 0) is 33.6 Å². The molecule has 0 bridgehead atoms. The van der Waals surface area contributed by atoms with Crippen LogP contribution in [0, 0.1) is 0 Å². The molecule has 0 saturated carbocycles. The van der Waals surface area contributed by atoms with Crippen LogP contribution in [0.5, 0.6) is 5.75 Å². The molecule has 2 aromatic rings. The second-order valence-electron chi connectivity index (χ2n) is 4.33. The summed E-state index contributed by atoms with van der Waals surface area (Å²) in [5.41, 5.74) is 1.10. The Bertz CT molecular complexity index is 556. The number of aliphatic hydroxyl groups is 1.